The highest BCUT2D eigenvalue weighted by molar-refractivity contribution is 6.22. The van der Waals surface area contributed by atoms with E-state index in [-0.39, 0.29) is 24.2 Å². The van der Waals surface area contributed by atoms with Crippen LogP contribution in [-0.2, 0) is 20.7 Å². The molecule has 1 heterocycles. The Labute approximate surface area is 168 Å². The summed E-state index contributed by atoms with van der Waals surface area (Å²) in [6, 6.07) is 13.6. The molecule has 1 N–H and O–H groups in total. The van der Waals surface area contributed by atoms with Gasteiger partial charge < -0.3 is 10.1 Å². The number of nitrogens with zero attached hydrogens (tertiary/aromatic N) is 1. The van der Waals surface area contributed by atoms with Crippen molar-refractivity contribution in [1.82, 2.24) is 10.2 Å². The zero-order valence-corrected chi connectivity index (χ0v) is 16.3. The third kappa shape index (κ3) is 4.18. The number of carbonyl (C=O) groups excluding carboxylic acids is 4. The summed E-state index contributed by atoms with van der Waals surface area (Å²) < 4.78 is 5.07. The lowest BCUT2D eigenvalue weighted by Crippen LogP contribution is -2.53. The molecule has 150 valence electrons. The number of amides is 3. The van der Waals surface area contributed by atoms with Crippen LogP contribution in [-0.4, -0.2) is 47.3 Å². The number of benzene rings is 2. The number of nitrogens with one attached hydrogen (secondary N) is 1. The molecule has 1 aliphatic heterocycles. The third-order valence-corrected chi connectivity index (χ3v) is 4.76. The molecule has 1 aliphatic rings. The van der Waals surface area contributed by atoms with E-state index in [2.05, 4.69) is 5.32 Å². The number of fused-ring (bicyclic) bond motifs is 1. The summed E-state index contributed by atoms with van der Waals surface area (Å²) in [6.07, 6.45) is 0.236. The molecule has 3 amide bonds. The van der Waals surface area contributed by atoms with E-state index in [0.29, 0.717) is 0 Å². The molecule has 0 saturated carbocycles. The minimum Gasteiger partial charge on any atom is -0.464 e. The molecule has 7 heteroatoms. The summed E-state index contributed by atoms with van der Waals surface area (Å²) in [6.45, 7) is 3.32. The van der Waals surface area contributed by atoms with Gasteiger partial charge >= 0.3 is 5.97 Å². The van der Waals surface area contributed by atoms with E-state index >= 15 is 0 Å². The fourth-order valence-corrected chi connectivity index (χ4v) is 3.26. The van der Waals surface area contributed by atoms with Gasteiger partial charge in [0.05, 0.1) is 17.7 Å². The molecule has 2 atom stereocenters. The summed E-state index contributed by atoms with van der Waals surface area (Å²) in [5, 5.41) is 2.64. The standard InChI is InChI=1S/C22H22N2O5/c1-3-29-22(28)18(13-15-9-5-4-6-10-15)23-19(25)14(2)24-20(26)16-11-7-8-12-17(16)21(24)27/h4-12,14,18H,3,13H2,1-2H3,(H,23,25)/t14-,18-/m0/s1. The first-order valence-electron chi connectivity index (χ1n) is 9.42. The molecule has 0 fully saturated rings. The molecule has 0 saturated heterocycles. The van der Waals surface area contributed by atoms with Crippen LogP contribution in [0.2, 0.25) is 0 Å². The molecule has 0 bridgehead atoms. The number of ether oxygens (including phenoxy) is 1. The van der Waals surface area contributed by atoms with Gasteiger partial charge in [0.15, 0.2) is 0 Å². The normalized spacial score (nSPS) is 14.9. The van der Waals surface area contributed by atoms with Crippen molar-refractivity contribution in [2.24, 2.45) is 0 Å². The Morgan fingerprint density at radius 3 is 2.07 bits per heavy atom. The first-order chi connectivity index (χ1) is 13.9. The topological polar surface area (TPSA) is 92.8 Å². The van der Waals surface area contributed by atoms with Gasteiger partial charge in [-0.3, -0.25) is 19.3 Å². The molecular weight excluding hydrogens is 372 g/mol. The second-order valence-electron chi connectivity index (χ2n) is 6.70. The predicted octanol–water partition coefficient (Wildman–Crippen LogP) is 1.96. The first-order valence-corrected chi connectivity index (χ1v) is 9.42. The van der Waals surface area contributed by atoms with E-state index in [9.17, 15) is 19.2 Å². The van der Waals surface area contributed by atoms with Gasteiger partial charge in [0.2, 0.25) is 5.91 Å². The van der Waals surface area contributed by atoms with Crippen molar-refractivity contribution in [3.05, 3.63) is 71.3 Å². The number of hydrogen-bond donors (Lipinski definition) is 1. The van der Waals surface area contributed by atoms with Crippen LogP contribution in [0.25, 0.3) is 0 Å². The maximum atomic E-state index is 12.8. The maximum absolute atomic E-state index is 12.8. The smallest absolute Gasteiger partial charge is 0.328 e. The summed E-state index contributed by atoms with van der Waals surface area (Å²) in [5.41, 5.74) is 1.38. The quantitative estimate of drug-likeness (QED) is 0.572. The number of carbonyl (C=O) groups is 4. The second-order valence-corrected chi connectivity index (χ2v) is 6.70. The minimum absolute atomic E-state index is 0.175. The Morgan fingerprint density at radius 2 is 1.52 bits per heavy atom. The van der Waals surface area contributed by atoms with E-state index < -0.39 is 35.8 Å². The van der Waals surface area contributed by atoms with Crippen molar-refractivity contribution in [2.45, 2.75) is 32.4 Å². The molecule has 0 aliphatic carbocycles. The minimum atomic E-state index is -1.07. The highest BCUT2D eigenvalue weighted by Crippen LogP contribution is 2.24. The Hall–Kier alpha value is -3.48. The van der Waals surface area contributed by atoms with Gasteiger partial charge in [0, 0.05) is 6.42 Å². The molecule has 2 aromatic rings. The molecule has 0 aromatic heterocycles. The highest BCUT2D eigenvalue weighted by atomic mass is 16.5. The van der Waals surface area contributed by atoms with E-state index in [0.717, 1.165) is 10.5 Å². The van der Waals surface area contributed by atoms with Crippen LogP contribution in [0.5, 0.6) is 0 Å². The zero-order chi connectivity index (χ0) is 21.0. The van der Waals surface area contributed by atoms with Crippen LogP contribution in [0.3, 0.4) is 0 Å². The van der Waals surface area contributed by atoms with Crippen LogP contribution >= 0.6 is 0 Å². The van der Waals surface area contributed by atoms with E-state index in [4.69, 9.17) is 4.74 Å². The van der Waals surface area contributed by atoms with Crippen LogP contribution in [0, 0.1) is 0 Å². The fraction of sp³-hybridized carbons (Fsp3) is 0.273. The molecule has 7 nitrogen and oxygen atoms in total. The van der Waals surface area contributed by atoms with Crippen molar-refractivity contribution in [2.75, 3.05) is 6.61 Å². The number of esters is 1. The van der Waals surface area contributed by atoms with Crippen molar-refractivity contribution in [3.63, 3.8) is 0 Å². The van der Waals surface area contributed by atoms with E-state index in [1.54, 1.807) is 31.2 Å². The van der Waals surface area contributed by atoms with Crippen molar-refractivity contribution >= 4 is 23.7 Å². The molecule has 29 heavy (non-hydrogen) atoms. The van der Waals surface area contributed by atoms with Gasteiger partial charge in [-0.05, 0) is 31.5 Å². The zero-order valence-electron chi connectivity index (χ0n) is 16.3. The molecule has 2 aromatic carbocycles. The lowest BCUT2D eigenvalue weighted by atomic mass is 10.1. The van der Waals surface area contributed by atoms with Crippen LogP contribution in [0.15, 0.2) is 54.6 Å². The summed E-state index contributed by atoms with van der Waals surface area (Å²) in [5.74, 6) is -2.22. The first kappa shape index (κ1) is 20.3. The van der Waals surface area contributed by atoms with Crippen LogP contribution in [0.1, 0.15) is 40.1 Å². The summed E-state index contributed by atoms with van der Waals surface area (Å²) >= 11 is 0. The lowest BCUT2D eigenvalue weighted by molar-refractivity contribution is -0.147. The average molecular weight is 394 g/mol. The van der Waals surface area contributed by atoms with Crippen LogP contribution in [0.4, 0.5) is 0 Å². The lowest BCUT2D eigenvalue weighted by Gasteiger charge is -2.24. The van der Waals surface area contributed by atoms with Crippen LogP contribution < -0.4 is 5.32 Å². The maximum Gasteiger partial charge on any atom is 0.328 e. The van der Waals surface area contributed by atoms with E-state index in [1.165, 1.54) is 6.92 Å². The Balaban J connectivity index is 1.76. The molecule has 0 unspecified atom stereocenters. The number of rotatable bonds is 7. The third-order valence-electron chi connectivity index (χ3n) is 4.76. The molecular formula is C22H22N2O5. The van der Waals surface area contributed by atoms with Gasteiger partial charge in [-0.1, -0.05) is 42.5 Å². The number of imide groups is 1. The van der Waals surface area contributed by atoms with Crippen molar-refractivity contribution in [1.29, 1.82) is 0 Å². The van der Waals surface area contributed by atoms with Gasteiger partial charge in [-0.25, -0.2) is 4.79 Å². The van der Waals surface area contributed by atoms with Gasteiger partial charge in [-0.2, -0.15) is 0 Å². The van der Waals surface area contributed by atoms with Gasteiger partial charge in [0.1, 0.15) is 12.1 Å². The largest absolute Gasteiger partial charge is 0.464 e. The second kappa shape index (κ2) is 8.68. The van der Waals surface area contributed by atoms with Crippen molar-refractivity contribution in [3.8, 4) is 0 Å². The predicted molar refractivity (Wildman–Crippen MR) is 105 cm³/mol. The Bertz CT molecular complexity index is 906. The summed E-state index contributed by atoms with van der Waals surface area (Å²) in [7, 11) is 0. The Kier molecular flexibility index (Phi) is 6.07. The average Bonchev–Trinajstić information content (AvgIpc) is 2.98. The summed E-state index contributed by atoms with van der Waals surface area (Å²) in [4.78, 5) is 51.3. The highest BCUT2D eigenvalue weighted by Gasteiger charge is 2.41. The van der Waals surface area contributed by atoms with Gasteiger partial charge in [-0.15, -0.1) is 0 Å². The Morgan fingerprint density at radius 1 is 0.966 bits per heavy atom. The molecule has 3 rings (SSSR count). The van der Waals surface area contributed by atoms with E-state index in [1.807, 2.05) is 30.3 Å². The molecule has 0 radical (unpaired) electrons. The van der Waals surface area contributed by atoms with Gasteiger partial charge in [0.25, 0.3) is 11.8 Å². The monoisotopic (exact) mass is 394 g/mol. The van der Waals surface area contributed by atoms with Crippen molar-refractivity contribution < 1.29 is 23.9 Å². The SMILES string of the molecule is CCOC(=O)[C@H](Cc1ccccc1)NC(=O)[C@H](C)N1C(=O)c2ccccc2C1=O. The molecule has 0 spiro atoms. The number of hydrogen-bond acceptors (Lipinski definition) is 5. The fourth-order valence-electron chi connectivity index (χ4n) is 3.26.